The summed E-state index contributed by atoms with van der Waals surface area (Å²) in [6, 6.07) is 3.85. The summed E-state index contributed by atoms with van der Waals surface area (Å²) < 4.78 is 16.5. The maximum atomic E-state index is 12.5. The first kappa shape index (κ1) is 19.6. The first-order chi connectivity index (χ1) is 11.9. The zero-order valence-electron chi connectivity index (χ0n) is 16.4. The lowest BCUT2D eigenvalue weighted by Crippen LogP contribution is -2.48. The highest BCUT2D eigenvalue weighted by atomic mass is 16.5. The molecule has 25 heavy (non-hydrogen) atoms. The number of rotatable bonds is 6. The third-order valence-electron chi connectivity index (χ3n) is 5.68. The molecule has 1 saturated carbocycles. The Morgan fingerprint density at radius 1 is 0.920 bits per heavy atom. The van der Waals surface area contributed by atoms with Crippen LogP contribution in [0.2, 0.25) is 0 Å². The monoisotopic (exact) mass is 347 g/mol. The van der Waals surface area contributed by atoms with Crippen LogP contribution in [0.5, 0.6) is 17.2 Å². The van der Waals surface area contributed by atoms with E-state index < -0.39 is 5.41 Å². The van der Waals surface area contributed by atoms with E-state index in [1.807, 2.05) is 12.1 Å². The predicted molar refractivity (Wildman–Crippen MR) is 99.5 cm³/mol. The molecular weight excluding hydrogens is 316 g/mol. The van der Waals surface area contributed by atoms with E-state index in [1.54, 1.807) is 21.3 Å². The predicted octanol–water partition coefficient (Wildman–Crippen LogP) is 4.69. The summed E-state index contributed by atoms with van der Waals surface area (Å²) in [5.41, 5.74) is -0.0851. The minimum absolute atomic E-state index is 0.265. The molecular formula is C21H31O4. The summed E-state index contributed by atoms with van der Waals surface area (Å²) in [6.45, 7) is 6.36. The van der Waals surface area contributed by atoms with E-state index in [1.165, 1.54) is 6.42 Å². The van der Waals surface area contributed by atoms with Crippen molar-refractivity contribution in [3.8, 4) is 17.2 Å². The smallest absolute Gasteiger partial charge is 0.210 e. The molecule has 1 atom stereocenters. The van der Waals surface area contributed by atoms with Crippen molar-refractivity contribution in [1.82, 2.24) is 0 Å². The zero-order valence-corrected chi connectivity index (χ0v) is 16.4. The first-order valence-electron chi connectivity index (χ1n) is 9.05. The Morgan fingerprint density at radius 2 is 1.44 bits per heavy atom. The van der Waals surface area contributed by atoms with Crippen LogP contribution >= 0.6 is 0 Å². The molecule has 0 bridgehead atoms. The van der Waals surface area contributed by atoms with Crippen molar-refractivity contribution in [3.05, 3.63) is 17.7 Å². The molecule has 1 aromatic rings. The maximum Gasteiger partial charge on any atom is 0.210 e. The highest BCUT2D eigenvalue weighted by molar-refractivity contribution is 5.73. The highest BCUT2D eigenvalue weighted by Gasteiger charge is 2.51. The van der Waals surface area contributed by atoms with Crippen molar-refractivity contribution in [2.24, 2.45) is 11.3 Å². The van der Waals surface area contributed by atoms with Gasteiger partial charge in [0.15, 0.2) is 11.5 Å². The fourth-order valence-corrected chi connectivity index (χ4v) is 4.42. The van der Waals surface area contributed by atoms with E-state index >= 15 is 0 Å². The van der Waals surface area contributed by atoms with Crippen LogP contribution in [0, 0.1) is 11.3 Å². The second-order valence-electron chi connectivity index (χ2n) is 7.91. The van der Waals surface area contributed by atoms with Crippen LogP contribution in [0.3, 0.4) is 0 Å². The molecule has 1 radical (unpaired) electrons. The Morgan fingerprint density at radius 3 is 1.80 bits per heavy atom. The molecule has 0 spiro atoms. The molecule has 0 amide bonds. The van der Waals surface area contributed by atoms with Gasteiger partial charge >= 0.3 is 0 Å². The fourth-order valence-electron chi connectivity index (χ4n) is 4.42. The first-order valence-corrected chi connectivity index (χ1v) is 9.05. The fraction of sp³-hybridized carbons (Fsp3) is 0.667. The summed E-state index contributed by atoms with van der Waals surface area (Å²) in [5, 5.41) is 0. The van der Waals surface area contributed by atoms with Gasteiger partial charge in [-0.25, -0.2) is 0 Å². The lowest BCUT2D eigenvalue weighted by molar-refractivity contribution is 0.134. The number of hydrogen-bond acceptors (Lipinski definition) is 4. The van der Waals surface area contributed by atoms with Crippen molar-refractivity contribution < 1.29 is 19.0 Å². The van der Waals surface area contributed by atoms with E-state index in [9.17, 15) is 4.79 Å². The Bertz CT molecular complexity index is 571. The highest BCUT2D eigenvalue weighted by Crippen LogP contribution is 2.53. The zero-order chi connectivity index (χ0) is 18.7. The molecule has 0 aromatic heterocycles. The van der Waals surface area contributed by atoms with Crippen molar-refractivity contribution in [2.45, 2.75) is 58.3 Å². The number of methoxy groups -OCH3 is 3. The van der Waals surface area contributed by atoms with Gasteiger partial charge in [0.1, 0.15) is 0 Å². The van der Waals surface area contributed by atoms with Gasteiger partial charge in [0.25, 0.3) is 0 Å². The van der Waals surface area contributed by atoms with Crippen molar-refractivity contribution >= 4 is 6.29 Å². The standard InChI is InChI=1S/C21H31O4/c1-20(2,3)21(14-22,15-10-8-7-9-11-15)16-12-17(23-4)19(25-6)18(13-16)24-5/h12-13,15H,7-11H2,1-6H3/t21-/m0/s1. The van der Waals surface area contributed by atoms with Crippen LogP contribution in [-0.2, 0) is 10.2 Å². The minimum Gasteiger partial charge on any atom is -0.493 e. The van der Waals surface area contributed by atoms with Crippen LogP contribution in [0.25, 0.3) is 0 Å². The Balaban J connectivity index is 2.71. The molecule has 4 nitrogen and oxygen atoms in total. The molecule has 1 fully saturated rings. The summed E-state index contributed by atoms with van der Waals surface area (Å²) >= 11 is 0. The Kier molecular flexibility index (Phi) is 6.02. The topological polar surface area (TPSA) is 44.8 Å². The van der Waals surface area contributed by atoms with E-state index in [4.69, 9.17) is 14.2 Å². The van der Waals surface area contributed by atoms with Gasteiger partial charge in [0.05, 0.1) is 26.7 Å². The van der Waals surface area contributed by atoms with Gasteiger partial charge in [-0.1, -0.05) is 40.0 Å². The van der Waals surface area contributed by atoms with Gasteiger partial charge in [-0.15, -0.1) is 0 Å². The molecule has 2 rings (SSSR count). The van der Waals surface area contributed by atoms with E-state index in [0.29, 0.717) is 17.2 Å². The third-order valence-corrected chi connectivity index (χ3v) is 5.68. The molecule has 0 N–H and O–H groups in total. The van der Waals surface area contributed by atoms with Gasteiger partial charge in [-0.2, -0.15) is 0 Å². The van der Waals surface area contributed by atoms with E-state index in [-0.39, 0.29) is 11.3 Å². The van der Waals surface area contributed by atoms with Gasteiger partial charge in [-0.05, 0) is 41.9 Å². The summed E-state index contributed by atoms with van der Waals surface area (Å²) in [6.07, 6.45) is 8.13. The van der Waals surface area contributed by atoms with Crippen LogP contribution in [-0.4, -0.2) is 27.6 Å². The number of ether oxygens (including phenoxy) is 3. The normalized spacial score (nSPS) is 18.3. The molecule has 0 heterocycles. The average molecular weight is 347 g/mol. The molecule has 139 valence electrons. The molecule has 0 unspecified atom stereocenters. The number of hydrogen-bond donors (Lipinski definition) is 0. The van der Waals surface area contributed by atoms with Gasteiger partial charge in [0.2, 0.25) is 12.0 Å². The van der Waals surface area contributed by atoms with Crippen LogP contribution < -0.4 is 14.2 Å². The third kappa shape index (κ3) is 3.36. The molecule has 0 aliphatic heterocycles. The van der Waals surface area contributed by atoms with E-state index in [2.05, 4.69) is 27.1 Å². The Labute approximate surface area is 151 Å². The summed E-state index contributed by atoms with van der Waals surface area (Å²) in [7, 11) is 4.79. The van der Waals surface area contributed by atoms with Crippen LogP contribution in [0.4, 0.5) is 0 Å². The van der Waals surface area contributed by atoms with Gasteiger partial charge in [-0.3, -0.25) is 4.79 Å². The minimum atomic E-state index is -0.708. The van der Waals surface area contributed by atoms with Crippen molar-refractivity contribution in [1.29, 1.82) is 0 Å². The molecule has 0 saturated heterocycles. The van der Waals surface area contributed by atoms with E-state index in [0.717, 1.165) is 31.2 Å². The largest absolute Gasteiger partial charge is 0.493 e. The maximum absolute atomic E-state index is 12.5. The van der Waals surface area contributed by atoms with Gasteiger partial charge < -0.3 is 14.2 Å². The quantitative estimate of drug-likeness (QED) is 0.749. The SMILES string of the molecule is COc1cc([C@]([C]=O)(C2CCCCC2)C(C)(C)C)cc(OC)c1OC. The van der Waals surface area contributed by atoms with Crippen LogP contribution in [0.15, 0.2) is 12.1 Å². The summed E-state index contributed by atoms with van der Waals surface area (Å²) in [5.74, 6) is 1.97. The number of benzene rings is 1. The van der Waals surface area contributed by atoms with Crippen LogP contribution in [0.1, 0.15) is 58.4 Å². The molecule has 1 aliphatic rings. The Hall–Kier alpha value is -1.71. The average Bonchev–Trinajstić information content (AvgIpc) is 2.61. The van der Waals surface area contributed by atoms with Crippen molar-refractivity contribution in [3.63, 3.8) is 0 Å². The summed E-state index contributed by atoms with van der Waals surface area (Å²) in [4.78, 5) is 12.5. The van der Waals surface area contributed by atoms with Gasteiger partial charge in [0, 0.05) is 0 Å². The second-order valence-corrected chi connectivity index (χ2v) is 7.91. The number of carbonyl (C=O) groups excluding carboxylic acids is 1. The molecule has 4 heteroatoms. The lowest BCUT2D eigenvalue weighted by atomic mass is 9.54. The molecule has 1 aliphatic carbocycles. The molecule has 1 aromatic carbocycles. The lowest BCUT2D eigenvalue weighted by Gasteiger charge is -2.47. The second kappa shape index (κ2) is 7.67. The van der Waals surface area contributed by atoms with Crippen molar-refractivity contribution in [2.75, 3.05) is 21.3 Å².